The maximum Gasteiger partial charge on any atom is 0.175 e. The molecule has 0 saturated carbocycles. The second kappa shape index (κ2) is 8.37. The van der Waals surface area contributed by atoms with Crippen LogP contribution in [0.4, 0.5) is 0 Å². The van der Waals surface area contributed by atoms with Crippen LogP contribution in [-0.2, 0) is 23.1 Å². The van der Waals surface area contributed by atoms with Gasteiger partial charge in [-0.3, -0.25) is 0 Å². The molecule has 0 aliphatic carbocycles. The summed E-state index contributed by atoms with van der Waals surface area (Å²) in [6, 6.07) is 2.22. The van der Waals surface area contributed by atoms with E-state index < -0.39 is 16.6 Å². The number of epoxide rings is 2. The number of ether oxygens (including phenoxy) is 4. The summed E-state index contributed by atoms with van der Waals surface area (Å²) in [5, 5.41) is 0. The summed E-state index contributed by atoms with van der Waals surface area (Å²) in [4.78, 5) is 0. The molecule has 7 heteroatoms. The van der Waals surface area contributed by atoms with Gasteiger partial charge in [0.1, 0.15) is 12.2 Å². The van der Waals surface area contributed by atoms with Crippen molar-refractivity contribution in [2.24, 2.45) is 0 Å². The molecule has 2 saturated heterocycles. The molecule has 130 valence electrons. The van der Waals surface area contributed by atoms with Crippen LogP contribution in [0.15, 0.2) is 0 Å². The summed E-state index contributed by atoms with van der Waals surface area (Å²) in [6.07, 6.45) is 1.82. The van der Waals surface area contributed by atoms with Crippen molar-refractivity contribution in [1.82, 2.24) is 0 Å². The first kappa shape index (κ1) is 18.6. The first-order valence-corrected chi connectivity index (χ1v) is 14.7. The highest BCUT2D eigenvalue weighted by Crippen LogP contribution is 2.23. The van der Waals surface area contributed by atoms with E-state index in [-0.39, 0.29) is 0 Å². The van der Waals surface area contributed by atoms with E-state index in [1.807, 2.05) is 0 Å². The highest BCUT2D eigenvalue weighted by atomic mass is 28.4. The molecule has 0 aromatic carbocycles. The zero-order valence-corrected chi connectivity index (χ0v) is 16.6. The number of hydrogen-bond donors (Lipinski definition) is 0. The van der Waals surface area contributed by atoms with Crippen molar-refractivity contribution in [2.45, 2.75) is 56.9 Å². The van der Waals surface area contributed by atoms with E-state index in [0.717, 1.165) is 58.2 Å². The molecule has 0 N–H and O–H groups in total. The first-order chi connectivity index (χ1) is 10.4. The van der Waals surface area contributed by atoms with Crippen molar-refractivity contribution in [3.05, 3.63) is 0 Å². The standard InChI is InChI=1S/C15H32O5Si2/c1-21(2,8-5-6-16-10-14-12-18-14)20-22(3,4)9-7-17-11-15-13-19-15/h14-15H,5-13H2,1-4H3. The van der Waals surface area contributed by atoms with E-state index in [1.54, 1.807) is 0 Å². The smallest absolute Gasteiger partial charge is 0.175 e. The van der Waals surface area contributed by atoms with Crippen molar-refractivity contribution in [3.8, 4) is 0 Å². The van der Waals surface area contributed by atoms with Crippen LogP contribution in [0.25, 0.3) is 0 Å². The van der Waals surface area contributed by atoms with Gasteiger partial charge in [-0.2, -0.15) is 0 Å². The third-order valence-electron chi connectivity index (χ3n) is 3.88. The topological polar surface area (TPSA) is 52.8 Å². The molecule has 0 amide bonds. The molecule has 0 aromatic rings. The lowest BCUT2D eigenvalue weighted by atomic mass is 10.5. The van der Waals surface area contributed by atoms with Crippen LogP contribution in [0.3, 0.4) is 0 Å². The van der Waals surface area contributed by atoms with Gasteiger partial charge in [0.15, 0.2) is 16.6 Å². The van der Waals surface area contributed by atoms with Crippen LogP contribution in [-0.4, -0.2) is 68.5 Å². The highest BCUT2D eigenvalue weighted by molar-refractivity contribution is 6.84. The molecule has 5 nitrogen and oxygen atoms in total. The summed E-state index contributed by atoms with van der Waals surface area (Å²) in [6.45, 7) is 14.1. The highest BCUT2D eigenvalue weighted by Gasteiger charge is 2.33. The van der Waals surface area contributed by atoms with E-state index in [1.165, 1.54) is 0 Å². The number of rotatable bonds is 13. The van der Waals surface area contributed by atoms with E-state index in [4.69, 9.17) is 23.1 Å². The quantitative estimate of drug-likeness (QED) is 0.291. The Morgan fingerprint density at radius 1 is 0.818 bits per heavy atom. The second-order valence-electron chi connectivity index (χ2n) is 7.54. The summed E-state index contributed by atoms with van der Waals surface area (Å²) in [5.74, 6) is 0. The fourth-order valence-corrected chi connectivity index (χ4v) is 11.0. The third kappa shape index (κ3) is 8.76. The van der Waals surface area contributed by atoms with Gasteiger partial charge in [-0.25, -0.2) is 0 Å². The van der Waals surface area contributed by atoms with Crippen LogP contribution in [0, 0.1) is 0 Å². The minimum Gasteiger partial charge on any atom is -0.455 e. The molecule has 2 aliphatic heterocycles. The average molecular weight is 349 g/mol. The third-order valence-corrected chi connectivity index (χ3v) is 11.3. The summed E-state index contributed by atoms with van der Waals surface area (Å²) >= 11 is 0. The van der Waals surface area contributed by atoms with Gasteiger partial charge in [0.2, 0.25) is 0 Å². The molecule has 22 heavy (non-hydrogen) atoms. The Balaban J connectivity index is 1.53. The van der Waals surface area contributed by atoms with Gasteiger partial charge in [-0.15, -0.1) is 0 Å². The van der Waals surface area contributed by atoms with Crippen molar-refractivity contribution in [1.29, 1.82) is 0 Å². The van der Waals surface area contributed by atoms with Gasteiger partial charge in [-0.05, 0) is 44.7 Å². The van der Waals surface area contributed by atoms with Gasteiger partial charge < -0.3 is 23.1 Å². The van der Waals surface area contributed by atoms with E-state index in [9.17, 15) is 0 Å². The predicted octanol–water partition coefficient (Wildman–Crippen LogP) is 2.63. The largest absolute Gasteiger partial charge is 0.455 e. The van der Waals surface area contributed by atoms with E-state index in [0.29, 0.717) is 12.2 Å². The molecule has 2 aliphatic rings. The minimum absolute atomic E-state index is 0.359. The lowest BCUT2D eigenvalue weighted by Gasteiger charge is -2.34. The lowest BCUT2D eigenvalue weighted by molar-refractivity contribution is 0.116. The maximum atomic E-state index is 6.57. The lowest BCUT2D eigenvalue weighted by Crippen LogP contribution is -2.45. The van der Waals surface area contributed by atoms with E-state index in [2.05, 4.69) is 26.2 Å². The normalized spacial score (nSPS) is 24.5. The van der Waals surface area contributed by atoms with Gasteiger partial charge in [0.25, 0.3) is 0 Å². The second-order valence-corrected chi connectivity index (χ2v) is 16.4. The van der Waals surface area contributed by atoms with Crippen molar-refractivity contribution < 1.29 is 23.1 Å². The zero-order chi connectivity index (χ0) is 16.1. The van der Waals surface area contributed by atoms with Crippen LogP contribution >= 0.6 is 0 Å². The molecular weight excluding hydrogens is 316 g/mol. The molecule has 2 fully saturated rings. The summed E-state index contributed by atoms with van der Waals surface area (Å²) < 4.78 is 28.1. The molecular formula is C15H32O5Si2. The van der Waals surface area contributed by atoms with Crippen molar-refractivity contribution >= 4 is 16.6 Å². The van der Waals surface area contributed by atoms with Crippen molar-refractivity contribution in [2.75, 3.05) is 39.6 Å². The molecule has 0 bridgehead atoms. The van der Waals surface area contributed by atoms with Crippen LogP contribution in [0.5, 0.6) is 0 Å². The van der Waals surface area contributed by atoms with Crippen LogP contribution < -0.4 is 0 Å². The Labute approximate surface area is 136 Å². The zero-order valence-electron chi connectivity index (χ0n) is 14.6. The summed E-state index contributed by atoms with van der Waals surface area (Å²) in [5.41, 5.74) is 0. The molecule has 2 atom stereocenters. The fraction of sp³-hybridized carbons (Fsp3) is 1.00. The first-order valence-electron chi connectivity index (χ1n) is 8.45. The SMILES string of the molecule is C[Si](C)(CCCOCC1CO1)O[Si](C)(C)CCOCC1CO1. The Morgan fingerprint density at radius 2 is 1.32 bits per heavy atom. The molecule has 2 rings (SSSR count). The Bertz CT molecular complexity index is 330. The van der Waals surface area contributed by atoms with E-state index >= 15 is 0 Å². The van der Waals surface area contributed by atoms with Gasteiger partial charge in [0, 0.05) is 13.2 Å². The van der Waals surface area contributed by atoms with Crippen LogP contribution in [0.1, 0.15) is 6.42 Å². The van der Waals surface area contributed by atoms with Gasteiger partial charge >= 0.3 is 0 Å². The molecule has 0 spiro atoms. The Hall–Kier alpha value is 0.234. The summed E-state index contributed by atoms with van der Waals surface area (Å²) in [7, 11) is -3.23. The molecule has 2 heterocycles. The van der Waals surface area contributed by atoms with Crippen molar-refractivity contribution in [3.63, 3.8) is 0 Å². The monoisotopic (exact) mass is 348 g/mol. The van der Waals surface area contributed by atoms with Gasteiger partial charge in [-0.1, -0.05) is 0 Å². The maximum absolute atomic E-state index is 6.57. The molecule has 2 unspecified atom stereocenters. The Morgan fingerprint density at radius 3 is 1.86 bits per heavy atom. The Kier molecular flexibility index (Phi) is 7.06. The minimum atomic E-state index is -1.63. The molecule has 0 aromatic heterocycles. The average Bonchev–Trinajstić information content (AvgIpc) is 3.27. The number of hydrogen-bond acceptors (Lipinski definition) is 5. The van der Waals surface area contributed by atoms with Crippen LogP contribution in [0.2, 0.25) is 38.3 Å². The molecule has 0 radical (unpaired) electrons. The predicted molar refractivity (Wildman–Crippen MR) is 91.4 cm³/mol. The fourth-order valence-electron chi connectivity index (χ4n) is 2.53. The van der Waals surface area contributed by atoms with Gasteiger partial charge in [0.05, 0.1) is 26.4 Å².